The van der Waals surface area contributed by atoms with Gasteiger partial charge in [-0.25, -0.2) is 9.97 Å². The molecular weight excluding hydrogens is 598 g/mol. The van der Waals surface area contributed by atoms with Crippen molar-refractivity contribution in [3.05, 3.63) is 41.7 Å². The smallest absolute Gasteiger partial charge is 0.227 e. The van der Waals surface area contributed by atoms with Crippen LogP contribution in [0.5, 0.6) is 0 Å². The molecule has 0 saturated carbocycles. The molecule has 0 aromatic carbocycles. The van der Waals surface area contributed by atoms with Crippen molar-refractivity contribution in [3.8, 4) is 0 Å². The molecule has 4 heterocycles. The van der Waals surface area contributed by atoms with E-state index in [4.69, 9.17) is 14.3 Å². The van der Waals surface area contributed by atoms with E-state index in [-0.39, 0.29) is 34.7 Å². The SMILES string of the molecule is CC(=O)c1cnc(C(C)(C)C)nc1NCc1ccco1.CCC(C)C.COC(C)(C)C.C[C@H]1C[C@@H](C(=O)N2CC(O)C2)CN(C=O)C1. The second kappa shape index (κ2) is 19.5. The number of piperidine rings is 1. The predicted octanol–water partition coefficient (Wildman–Crippen LogP) is 5.97. The highest BCUT2D eigenvalue weighted by atomic mass is 16.5. The molecule has 2 fully saturated rings. The topological polar surface area (TPSA) is 138 Å². The van der Waals surface area contributed by atoms with Crippen molar-refractivity contribution in [1.29, 1.82) is 0 Å². The standard InChI is InChI=1S/C15H19N3O2.C11H18N2O3.C5H12O.C5H12/c1-10(19)12-9-17-14(15(2,3)4)18-13(12)16-8-11-6-5-7-20-11;1-8-2-9(4-12(3-8)7-14)11(16)13-5-10(15)6-13;1-5(2,3)6-4;1-4-5(2)3/h5-7,9H,8H2,1-4H3,(H,16,17,18);7-10,15H,2-6H2,1H3;1-4H3;5H,4H2,1-3H3/t;8-,9+;;/m.0../s1. The number of likely N-dealkylation sites (tertiary alicyclic amines) is 2. The fourth-order valence-electron chi connectivity index (χ4n) is 4.27. The quantitative estimate of drug-likeness (QED) is 0.272. The van der Waals surface area contributed by atoms with Crippen molar-refractivity contribution in [1.82, 2.24) is 19.8 Å². The van der Waals surface area contributed by atoms with E-state index in [9.17, 15) is 14.4 Å². The van der Waals surface area contributed by atoms with E-state index < -0.39 is 0 Å². The van der Waals surface area contributed by atoms with Gasteiger partial charge in [-0.3, -0.25) is 14.4 Å². The van der Waals surface area contributed by atoms with Crippen LogP contribution in [0.15, 0.2) is 29.0 Å². The molecule has 11 heteroatoms. The maximum absolute atomic E-state index is 12.0. The third kappa shape index (κ3) is 15.9. The minimum Gasteiger partial charge on any atom is -0.467 e. The largest absolute Gasteiger partial charge is 0.467 e. The number of rotatable bonds is 7. The first-order valence-corrected chi connectivity index (χ1v) is 16.7. The lowest BCUT2D eigenvalue weighted by Gasteiger charge is -2.41. The molecule has 0 unspecified atom stereocenters. The molecule has 2 aliphatic heterocycles. The summed E-state index contributed by atoms with van der Waals surface area (Å²) in [5.74, 6) is 3.24. The summed E-state index contributed by atoms with van der Waals surface area (Å²) in [6.07, 6.45) is 5.81. The Labute approximate surface area is 282 Å². The van der Waals surface area contributed by atoms with Crippen LogP contribution in [0.2, 0.25) is 0 Å². The lowest BCUT2D eigenvalue weighted by Crippen LogP contribution is -2.57. The monoisotopic (exact) mass is 659 g/mol. The van der Waals surface area contributed by atoms with Crippen LogP contribution in [-0.2, 0) is 26.3 Å². The maximum atomic E-state index is 12.0. The molecule has 0 spiro atoms. The Morgan fingerprint density at radius 3 is 2.17 bits per heavy atom. The molecule has 2 amide bonds. The molecule has 2 atom stereocenters. The third-order valence-electron chi connectivity index (χ3n) is 7.64. The number of ether oxygens (including phenoxy) is 1. The Morgan fingerprint density at radius 1 is 1.15 bits per heavy atom. The summed E-state index contributed by atoms with van der Waals surface area (Å²) >= 11 is 0. The number of Topliss-reactive ketones (excluding diaryl/α,β-unsaturated/α-hetero) is 1. The average Bonchev–Trinajstić information content (AvgIpc) is 3.51. The number of amides is 2. The molecule has 2 saturated heterocycles. The van der Waals surface area contributed by atoms with Crippen LogP contribution in [0.1, 0.15) is 111 Å². The van der Waals surface area contributed by atoms with E-state index in [2.05, 4.69) is 43.0 Å². The highest BCUT2D eigenvalue weighted by molar-refractivity contribution is 5.98. The molecule has 11 nitrogen and oxygen atoms in total. The van der Waals surface area contributed by atoms with E-state index in [0.717, 1.165) is 31.1 Å². The molecule has 0 bridgehead atoms. The highest BCUT2D eigenvalue weighted by Gasteiger charge is 2.36. The van der Waals surface area contributed by atoms with Gasteiger partial charge in [-0.05, 0) is 58.1 Å². The molecule has 0 aliphatic carbocycles. The molecular formula is C36H61N5O6. The number of ketones is 1. The molecule has 47 heavy (non-hydrogen) atoms. The number of furan rings is 1. The number of hydrogen-bond donors (Lipinski definition) is 2. The van der Waals surface area contributed by atoms with Gasteiger partial charge in [0.1, 0.15) is 17.4 Å². The number of anilines is 1. The van der Waals surface area contributed by atoms with Crippen LogP contribution in [0.25, 0.3) is 0 Å². The summed E-state index contributed by atoms with van der Waals surface area (Å²) < 4.78 is 10.2. The van der Waals surface area contributed by atoms with E-state index in [1.54, 1.807) is 29.4 Å². The molecule has 2 aromatic heterocycles. The summed E-state index contributed by atoms with van der Waals surface area (Å²) in [5, 5.41) is 12.3. The van der Waals surface area contributed by atoms with Gasteiger partial charge in [0, 0.05) is 44.9 Å². The fraction of sp³-hybridized carbons (Fsp3) is 0.694. The summed E-state index contributed by atoms with van der Waals surface area (Å²) in [5.41, 5.74) is 0.362. The van der Waals surface area contributed by atoms with Crippen LogP contribution in [0.4, 0.5) is 5.82 Å². The third-order valence-corrected chi connectivity index (χ3v) is 7.64. The van der Waals surface area contributed by atoms with Gasteiger partial charge in [-0.2, -0.15) is 0 Å². The number of aromatic nitrogens is 2. The number of methoxy groups -OCH3 is 1. The average molecular weight is 660 g/mol. The zero-order valence-corrected chi connectivity index (χ0v) is 30.9. The number of aliphatic hydroxyl groups excluding tert-OH is 1. The number of carbonyl (C=O) groups is 3. The summed E-state index contributed by atoms with van der Waals surface area (Å²) in [6.45, 7) is 25.0. The predicted molar refractivity (Wildman–Crippen MR) is 186 cm³/mol. The molecule has 0 radical (unpaired) electrons. The van der Waals surface area contributed by atoms with Gasteiger partial charge in [-0.15, -0.1) is 0 Å². The summed E-state index contributed by atoms with van der Waals surface area (Å²) in [7, 11) is 1.71. The first-order valence-electron chi connectivity index (χ1n) is 16.7. The van der Waals surface area contributed by atoms with E-state index in [1.165, 1.54) is 13.3 Å². The maximum Gasteiger partial charge on any atom is 0.227 e. The Hall–Kier alpha value is -3.31. The minimum absolute atomic E-state index is 0.0417. The van der Waals surface area contributed by atoms with Crippen LogP contribution in [0.3, 0.4) is 0 Å². The van der Waals surface area contributed by atoms with Crippen molar-refractivity contribution >= 4 is 23.9 Å². The second-order valence-electron chi connectivity index (χ2n) is 14.8. The molecule has 2 aromatic rings. The molecule has 4 rings (SSSR count). The van der Waals surface area contributed by atoms with E-state index >= 15 is 0 Å². The van der Waals surface area contributed by atoms with Crippen molar-refractivity contribution in [3.63, 3.8) is 0 Å². The normalized spacial score (nSPS) is 18.0. The zero-order valence-electron chi connectivity index (χ0n) is 30.9. The van der Waals surface area contributed by atoms with Gasteiger partial charge in [0.25, 0.3) is 0 Å². The van der Waals surface area contributed by atoms with Crippen LogP contribution >= 0.6 is 0 Å². The molecule has 266 valence electrons. The van der Waals surface area contributed by atoms with Crippen molar-refractivity contribution in [2.75, 3.05) is 38.6 Å². The Kier molecular flexibility index (Phi) is 17.3. The lowest BCUT2D eigenvalue weighted by molar-refractivity contribution is -0.148. The van der Waals surface area contributed by atoms with E-state index in [0.29, 0.717) is 49.3 Å². The van der Waals surface area contributed by atoms with E-state index in [1.807, 2.05) is 53.7 Å². The first-order chi connectivity index (χ1) is 21.8. The van der Waals surface area contributed by atoms with Crippen LogP contribution < -0.4 is 5.32 Å². The van der Waals surface area contributed by atoms with Gasteiger partial charge in [0.05, 0.1) is 36.0 Å². The second-order valence-corrected chi connectivity index (χ2v) is 14.8. The van der Waals surface area contributed by atoms with Gasteiger partial charge in [-0.1, -0.05) is 54.9 Å². The Balaban J connectivity index is 0.000000363. The number of β-amino-alcohol motifs (C(OH)–C–C–N with tert-alkyl or cyclic N) is 1. The number of nitrogens with one attached hydrogen (secondary N) is 1. The van der Waals surface area contributed by atoms with Crippen LogP contribution in [0, 0.1) is 17.8 Å². The van der Waals surface area contributed by atoms with Gasteiger partial charge < -0.3 is 29.4 Å². The van der Waals surface area contributed by atoms with Crippen molar-refractivity contribution < 1.29 is 28.6 Å². The zero-order chi connectivity index (χ0) is 35.9. The Morgan fingerprint density at radius 2 is 1.74 bits per heavy atom. The van der Waals surface area contributed by atoms with Crippen molar-refractivity contribution in [2.45, 2.75) is 113 Å². The Bertz CT molecular complexity index is 1210. The summed E-state index contributed by atoms with van der Waals surface area (Å²) in [6, 6.07) is 3.69. The number of hydrogen-bond acceptors (Lipinski definition) is 9. The summed E-state index contributed by atoms with van der Waals surface area (Å²) in [4.78, 5) is 46.5. The number of carbonyl (C=O) groups excluding carboxylic acids is 3. The molecule has 2 N–H and O–H groups in total. The molecule has 2 aliphatic rings. The number of aliphatic hydroxyl groups is 1. The van der Waals surface area contributed by atoms with Crippen molar-refractivity contribution in [2.24, 2.45) is 17.8 Å². The lowest BCUT2D eigenvalue weighted by atomic mass is 9.89. The van der Waals surface area contributed by atoms with Crippen LogP contribution in [-0.4, -0.2) is 88.0 Å². The van der Waals surface area contributed by atoms with Gasteiger partial charge >= 0.3 is 0 Å². The van der Waals surface area contributed by atoms with Gasteiger partial charge in [0.15, 0.2) is 5.78 Å². The highest BCUT2D eigenvalue weighted by Crippen LogP contribution is 2.25. The van der Waals surface area contributed by atoms with Gasteiger partial charge in [0.2, 0.25) is 12.3 Å². The minimum atomic E-state index is -0.355. The number of nitrogens with zero attached hydrogens (tertiary/aromatic N) is 4. The first kappa shape index (κ1) is 41.7. The fourth-order valence-corrected chi connectivity index (χ4v) is 4.27.